The Morgan fingerprint density at radius 3 is 2.47 bits per heavy atom. The molecular weight excluding hydrogens is 406 g/mol. The lowest BCUT2D eigenvalue weighted by atomic mass is 10.1. The normalized spacial score (nSPS) is 14.2. The molecule has 3 rings (SSSR count). The van der Waals surface area contributed by atoms with Gasteiger partial charge >= 0.3 is 0 Å². The fraction of sp³-hybridized carbons (Fsp3) is 0.364. The van der Waals surface area contributed by atoms with Gasteiger partial charge in [-0.1, -0.05) is 6.07 Å². The second kappa shape index (κ2) is 9.86. The second-order valence-electron chi connectivity index (χ2n) is 6.82. The fourth-order valence-corrected chi connectivity index (χ4v) is 4.09. The van der Waals surface area contributed by atoms with Gasteiger partial charge in [0.2, 0.25) is 0 Å². The number of nitrogens with zero attached hydrogens (tertiary/aromatic N) is 1. The summed E-state index contributed by atoms with van der Waals surface area (Å²) in [5, 5.41) is 0. The van der Waals surface area contributed by atoms with Crippen molar-refractivity contribution >= 4 is 29.1 Å². The zero-order chi connectivity index (χ0) is 21.7. The molecule has 0 N–H and O–H groups in total. The van der Waals surface area contributed by atoms with Gasteiger partial charge in [0.15, 0.2) is 11.5 Å². The molecule has 8 heteroatoms. The zero-order valence-corrected chi connectivity index (χ0v) is 18.3. The van der Waals surface area contributed by atoms with E-state index in [1.54, 1.807) is 37.6 Å². The molecule has 2 amide bonds. The van der Waals surface area contributed by atoms with Gasteiger partial charge in [0.1, 0.15) is 5.76 Å². The summed E-state index contributed by atoms with van der Waals surface area (Å²) in [6, 6.07) is 8.80. The van der Waals surface area contributed by atoms with Crippen molar-refractivity contribution < 1.29 is 28.2 Å². The van der Waals surface area contributed by atoms with Crippen LogP contribution in [0.2, 0.25) is 0 Å². The van der Waals surface area contributed by atoms with Crippen LogP contribution in [0.25, 0.3) is 5.57 Å². The minimum atomic E-state index is -0.346. The van der Waals surface area contributed by atoms with Gasteiger partial charge in [-0.05, 0) is 43.7 Å². The molecule has 2 aromatic rings. The van der Waals surface area contributed by atoms with E-state index >= 15 is 0 Å². The van der Waals surface area contributed by atoms with Crippen LogP contribution in [-0.2, 0) is 20.1 Å². The maximum absolute atomic E-state index is 13.2. The van der Waals surface area contributed by atoms with Gasteiger partial charge in [-0.25, -0.2) is 0 Å². The molecule has 1 aliphatic rings. The highest BCUT2D eigenvalue weighted by Gasteiger charge is 2.39. The van der Waals surface area contributed by atoms with Crippen LogP contribution < -0.4 is 9.47 Å². The van der Waals surface area contributed by atoms with Gasteiger partial charge in [0.25, 0.3) is 11.8 Å². The van der Waals surface area contributed by atoms with E-state index in [1.807, 2.05) is 19.9 Å². The number of benzene rings is 1. The lowest BCUT2D eigenvalue weighted by Crippen LogP contribution is -2.35. The van der Waals surface area contributed by atoms with Crippen LogP contribution in [0.4, 0.5) is 0 Å². The molecule has 1 aliphatic heterocycles. The molecule has 0 atom stereocenters. The van der Waals surface area contributed by atoms with Crippen LogP contribution in [0.1, 0.15) is 25.2 Å². The van der Waals surface area contributed by atoms with Crippen molar-refractivity contribution in [1.82, 2.24) is 4.90 Å². The minimum Gasteiger partial charge on any atom is -0.493 e. The van der Waals surface area contributed by atoms with Crippen molar-refractivity contribution in [3.05, 3.63) is 52.8 Å². The molecule has 2 heterocycles. The molecule has 1 aromatic heterocycles. The van der Waals surface area contributed by atoms with Crippen LogP contribution in [0.5, 0.6) is 11.5 Å². The number of thioether (sulfide) groups is 1. The Balaban J connectivity index is 1.94. The molecule has 0 unspecified atom stereocenters. The lowest BCUT2D eigenvalue weighted by Gasteiger charge is -2.16. The van der Waals surface area contributed by atoms with Crippen LogP contribution in [0, 0.1) is 0 Å². The van der Waals surface area contributed by atoms with E-state index in [1.165, 1.54) is 23.8 Å². The van der Waals surface area contributed by atoms with E-state index in [0.717, 1.165) is 5.76 Å². The number of hydrogen-bond donors (Lipinski definition) is 0. The first-order valence-corrected chi connectivity index (χ1v) is 10.5. The summed E-state index contributed by atoms with van der Waals surface area (Å²) in [5.41, 5.74) is 0.947. The molecular formula is C22H25NO6S. The minimum absolute atomic E-state index is 0.0175. The quantitative estimate of drug-likeness (QED) is 0.530. The highest BCUT2D eigenvalue weighted by atomic mass is 32.2. The number of methoxy groups -OCH3 is 2. The van der Waals surface area contributed by atoms with Gasteiger partial charge in [-0.3, -0.25) is 14.5 Å². The van der Waals surface area contributed by atoms with Crippen molar-refractivity contribution in [2.75, 3.05) is 27.4 Å². The van der Waals surface area contributed by atoms with Gasteiger partial charge in [-0.15, -0.1) is 11.8 Å². The fourth-order valence-electron chi connectivity index (χ4n) is 3.05. The molecule has 0 aliphatic carbocycles. The van der Waals surface area contributed by atoms with E-state index in [2.05, 4.69) is 0 Å². The van der Waals surface area contributed by atoms with E-state index in [0.29, 0.717) is 33.3 Å². The highest BCUT2D eigenvalue weighted by Crippen LogP contribution is 2.40. The average molecular weight is 432 g/mol. The average Bonchev–Trinajstić information content (AvgIpc) is 3.33. The number of amides is 2. The highest BCUT2D eigenvalue weighted by molar-refractivity contribution is 8.03. The van der Waals surface area contributed by atoms with Crippen molar-refractivity contribution in [2.45, 2.75) is 25.7 Å². The second-order valence-corrected chi connectivity index (χ2v) is 7.81. The number of ether oxygens (including phenoxy) is 3. The smallest absolute Gasteiger partial charge is 0.268 e. The van der Waals surface area contributed by atoms with Crippen LogP contribution in [0.3, 0.4) is 0 Å². The number of carbonyl (C=O) groups is 2. The van der Waals surface area contributed by atoms with Crippen molar-refractivity contribution in [3.8, 4) is 11.5 Å². The first kappa shape index (κ1) is 22.0. The van der Waals surface area contributed by atoms with E-state index in [4.69, 9.17) is 18.6 Å². The number of furan rings is 1. The molecule has 0 bridgehead atoms. The summed E-state index contributed by atoms with van der Waals surface area (Å²) in [6.07, 6.45) is 1.60. The summed E-state index contributed by atoms with van der Waals surface area (Å²) < 4.78 is 21.6. The maximum Gasteiger partial charge on any atom is 0.268 e. The molecule has 0 spiro atoms. The third-order valence-electron chi connectivity index (χ3n) is 4.50. The molecule has 0 radical (unpaired) electrons. The summed E-state index contributed by atoms with van der Waals surface area (Å²) in [7, 11) is 3.07. The summed E-state index contributed by atoms with van der Waals surface area (Å²) >= 11 is 1.28. The predicted octanol–water partition coefficient (Wildman–Crippen LogP) is 3.74. The molecule has 160 valence electrons. The number of rotatable bonds is 10. The van der Waals surface area contributed by atoms with Crippen molar-refractivity contribution in [3.63, 3.8) is 0 Å². The van der Waals surface area contributed by atoms with Gasteiger partial charge in [0, 0.05) is 0 Å². The van der Waals surface area contributed by atoms with Crippen molar-refractivity contribution in [1.29, 1.82) is 0 Å². The summed E-state index contributed by atoms with van der Waals surface area (Å²) in [4.78, 5) is 27.9. The summed E-state index contributed by atoms with van der Waals surface area (Å²) in [6.45, 7) is 4.29. The molecule has 30 heavy (non-hydrogen) atoms. The van der Waals surface area contributed by atoms with E-state index < -0.39 is 0 Å². The first-order valence-electron chi connectivity index (χ1n) is 9.56. The molecule has 0 fully saturated rings. The third kappa shape index (κ3) is 4.71. The Morgan fingerprint density at radius 2 is 1.83 bits per heavy atom. The first-order chi connectivity index (χ1) is 14.5. The Bertz CT molecular complexity index is 935. The van der Waals surface area contributed by atoms with Gasteiger partial charge in [0.05, 0.1) is 56.0 Å². The van der Waals surface area contributed by atoms with Crippen LogP contribution in [0.15, 0.2) is 45.9 Å². The standard InChI is InChI=1S/C22H25NO6S/c1-14(2)28-11-9-23-21(24)19(15-7-8-17(26-3)18(12-15)27-4)20(22(23)25)30-13-16-6-5-10-29-16/h5-8,10,12,14H,9,11,13H2,1-4H3. The largest absolute Gasteiger partial charge is 0.493 e. The zero-order valence-electron chi connectivity index (χ0n) is 17.5. The maximum atomic E-state index is 13.2. The Labute approximate surface area is 180 Å². The number of carbonyl (C=O) groups excluding carboxylic acids is 2. The van der Waals surface area contributed by atoms with Gasteiger partial charge < -0.3 is 18.6 Å². The van der Waals surface area contributed by atoms with Crippen molar-refractivity contribution in [2.24, 2.45) is 0 Å². The Kier molecular flexibility index (Phi) is 7.23. The Hall–Kier alpha value is -2.71. The summed E-state index contributed by atoms with van der Waals surface area (Å²) in [5.74, 6) is 1.52. The monoisotopic (exact) mass is 431 g/mol. The molecule has 0 saturated heterocycles. The van der Waals surface area contributed by atoms with Crippen LogP contribution >= 0.6 is 11.8 Å². The number of hydrogen-bond acceptors (Lipinski definition) is 7. The number of imide groups is 1. The van der Waals surface area contributed by atoms with Crippen LogP contribution in [-0.4, -0.2) is 50.2 Å². The SMILES string of the molecule is COc1ccc(C2=C(SCc3ccco3)C(=O)N(CCOC(C)C)C2=O)cc1OC. The molecule has 7 nitrogen and oxygen atoms in total. The molecule has 1 aromatic carbocycles. The Morgan fingerprint density at radius 1 is 1.07 bits per heavy atom. The predicted molar refractivity (Wildman–Crippen MR) is 114 cm³/mol. The molecule has 0 saturated carbocycles. The lowest BCUT2D eigenvalue weighted by molar-refractivity contribution is -0.137. The third-order valence-corrected chi connectivity index (χ3v) is 5.60. The van der Waals surface area contributed by atoms with Gasteiger partial charge in [-0.2, -0.15) is 0 Å². The van der Waals surface area contributed by atoms with E-state index in [9.17, 15) is 9.59 Å². The van der Waals surface area contributed by atoms with E-state index in [-0.39, 0.29) is 31.1 Å². The topological polar surface area (TPSA) is 78.2 Å².